The number of aliphatic hydroxyl groups excluding tert-OH is 2. The van der Waals surface area contributed by atoms with Gasteiger partial charge < -0.3 is 43.5 Å². The number of benzene rings is 3. The second-order valence-corrected chi connectivity index (χ2v) is 15.3. The normalized spacial score (nSPS) is 24.2. The Labute approximate surface area is 345 Å². The molecule has 0 unspecified atom stereocenters. The van der Waals surface area contributed by atoms with Crippen LogP contribution in [0.2, 0.25) is 0 Å². The van der Waals surface area contributed by atoms with Crippen molar-refractivity contribution in [3.05, 3.63) is 102 Å². The summed E-state index contributed by atoms with van der Waals surface area (Å²) in [6, 6.07) is 17.5. The average molecular weight is 811 g/mol. The smallest absolute Gasteiger partial charge is 0.410 e. The van der Waals surface area contributed by atoms with Gasteiger partial charge in [-0.05, 0) is 98.0 Å². The Balaban J connectivity index is 1.43. The predicted octanol–water partition coefficient (Wildman–Crippen LogP) is 7.94. The highest BCUT2D eigenvalue weighted by molar-refractivity contribution is 6.03. The van der Waals surface area contributed by atoms with Crippen LogP contribution in [0.1, 0.15) is 79.3 Å². The van der Waals surface area contributed by atoms with Gasteiger partial charge in [-0.1, -0.05) is 48.3 Å². The van der Waals surface area contributed by atoms with Crippen LogP contribution < -0.4 is 18.9 Å². The largest absolute Gasteiger partial charge is 0.459 e. The lowest BCUT2D eigenvalue weighted by molar-refractivity contribution is -0.256. The van der Waals surface area contributed by atoms with Crippen LogP contribution in [0.5, 0.6) is 28.7 Å². The van der Waals surface area contributed by atoms with E-state index in [9.17, 15) is 19.8 Å². The molecule has 0 radical (unpaired) electrons. The molecule has 3 aromatic carbocycles. The molecule has 314 valence electrons. The summed E-state index contributed by atoms with van der Waals surface area (Å²) in [6.07, 6.45) is 8.86. The van der Waals surface area contributed by atoms with Gasteiger partial charge in [0.25, 0.3) is 0 Å². The van der Waals surface area contributed by atoms with Crippen LogP contribution >= 0.6 is 0 Å². The molecule has 3 aromatic rings. The Morgan fingerprint density at radius 3 is 2.53 bits per heavy atom. The second kappa shape index (κ2) is 19.1. The van der Waals surface area contributed by atoms with E-state index in [0.717, 1.165) is 48.7 Å². The third kappa shape index (κ3) is 8.69. The van der Waals surface area contributed by atoms with E-state index >= 15 is 0 Å². The first-order valence-electron chi connectivity index (χ1n) is 20.5. The highest BCUT2D eigenvalue weighted by Gasteiger charge is 2.65. The number of carbonyl (C=O) groups excluding carboxylic acids is 2. The van der Waals surface area contributed by atoms with E-state index in [1.165, 1.54) is 7.11 Å². The summed E-state index contributed by atoms with van der Waals surface area (Å²) in [5.74, 6) is 0.695. The van der Waals surface area contributed by atoms with Gasteiger partial charge in [-0.3, -0.25) is 9.69 Å². The number of allylic oxidation sites excluding steroid dienone is 1. The second-order valence-electron chi connectivity index (χ2n) is 15.3. The Bertz CT molecular complexity index is 2030. The molecule has 13 heteroatoms. The third-order valence-electron chi connectivity index (χ3n) is 11.8. The zero-order valence-electron chi connectivity index (χ0n) is 33.8. The molecule has 59 heavy (non-hydrogen) atoms. The van der Waals surface area contributed by atoms with Crippen LogP contribution in [-0.2, 0) is 20.9 Å². The van der Waals surface area contributed by atoms with Gasteiger partial charge in [0.1, 0.15) is 36.2 Å². The maximum absolute atomic E-state index is 14.2. The summed E-state index contributed by atoms with van der Waals surface area (Å²) in [6.45, 7) is 6.73. The van der Waals surface area contributed by atoms with Crippen molar-refractivity contribution in [2.75, 3.05) is 40.3 Å². The minimum Gasteiger partial charge on any atom is -0.459 e. The number of nitrogens with zero attached hydrogens (tertiary/aromatic N) is 2. The topological polar surface area (TPSA) is 155 Å². The first kappa shape index (κ1) is 41.8. The summed E-state index contributed by atoms with van der Waals surface area (Å²) < 4.78 is 37.5. The number of hydrogen-bond acceptors (Lipinski definition) is 12. The van der Waals surface area contributed by atoms with Gasteiger partial charge >= 0.3 is 6.09 Å². The number of methoxy groups -OCH3 is 1. The summed E-state index contributed by atoms with van der Waals surface area (Å²) in [4.78, 5) is 33.3. The Kier molecular flexibility index (Phi) is 13.5. The molecule has 2 aliphatic heterocycles. The van der Waals surface area contributed by atoms with E-state index in [-0.39, 0.29) is 57.3 Å². The van der Waals surface area contributed by atoms with Crippen molar-refractivity contribution in [2.45, 2.75) is 76.2 Å². The van der Waals surface area contributed by atoms with Gasteiger partial charge in [-0.15, -0.1) is 6.58 Å². The Hall–Kier alpha value is -5.37. The third-order valence-corrected chi connectivity index (χ3v) is 11.8. The van der Waals surface area contributed by atoms with Gasteiger partial charge in [0.2, 0.25) is 12.6 Å². The van der Waals surface area contributed by atoms with Crippen LogP contribution in [0.3, 0.4) is 0 Å². The number of fused-ring (bicyclic) bond motifs is 3. The lowest BCUT2D eigenvalue weighted by atomic mass is 9.55. The number of oxime groups is 1. The maximum Gasteiger partial charge on any atom is 0.410 e. The van der Waals surface area contributed by atoms with Crippen molar-refractivity contribution in [2.24, 2.45) is 22.9 Å². The van der Waals surface area contributed by atoms with Crippen LogP contribution in [0, 0.1) is 17.8 Å². The molecule has 2 heterocycles. The van der Waals surface area contributed by atoms with Crippen molar-refractivity contribution >= 4 is 18.1 Å². The number of aldehydes is 1. The van der Waals surface area contributed by atoms with E-state index in [0.29, 0.717) is 59.5 Å². The SMILES string of the molecule is C=CCO[C@@]12Oc3ccc(Oc4cccc(C=O)c4)cc3[C@H]3[C@H](CCCCO)[C@@H](CCCCO)C=C(C(=NOCC)C[C@@H]1N(Cc1ccc4c(c1)OCO4)C(=O)OC)[C@H]32. The average Bonchev–Trinajstić information content (AvgIpc) is 3.73. The van der Waals surface area contributed by atoms with Crippen molar-refractivity contribution in [3.63, 3.8) is 0 Å². The predicted molar refractivity (Wildman–Crippen MR) is 219 cm³/mol. The van der Waals surface area contributed by atoms with Crippen molar-refractivity contribution in [1.82, 2.24) is 4.90 Å². The number of aliphatic hydroxyl groups is 2. The number of carbonyl (C=O) groups is 2. The summed E-state index contributed by atoms with van der Waals surface area (Å²) in [5, 5.41) is 24.5. The first-order chi connectivity index (χ1) is 28.9. The van der Waals surface area contributed by atoms with E-state index in [2.05, 4.69) is 12.7 Å². The van der Waals surface area contributed by atoms with Crippen molar-refractivity contribution in [3.8, 4) is 28.7 Å². The fourth-order valence-corrected chi connectivity index (χ4v) is 9.30. The standard InChI is InChI=1S/C46H54N2O11/c1-4-21-56-46-42(48(45(52)53-3)27-30-15-17-40-41(23-30)55-29-54-40)26-38(47-57-5-2)36-24-32(12-6-8-19-49)35(14-7-9-20-50)43(44(36)46)37-25-34(16-18-39(37)59-46)58-33-13-10-11-31(22-33)28-51/h4,10-11,13,15-18,22-25,28,32,35,42-44,49-50H,1,5-9,12,14,19-21,26-27,29H2,2-3H3/t32-,35+,42-,43+,44+,46+/m0/s1. The maximum atomic E-state index is 14.2. The molecule has 2 aliphatic carbocycles. The fraction of sp³-hybridized carbons (Fsp3) is 0.457. The van der Waals surface area contributed by atoms with Crippen LogP contribution in [0.25, 0.3) is 0 Å². The number of hydrogen-bond donors (Lipinski definition) is 2. The summed E-state index contributed by atoms with van der Waals surface area (Å²) >= 11 is 0. The van der Waals surface area contributed by atoms with Crippen molar-refractivity contribution in [1.29, 1.82) is 0 Å². The lowest BCUT2D eigenvalue weighted by Gasteiger charge is -2.59. The molecular formula is C46H54N2O11. The van der Waals surface area contributed by atoms with Gasteiger partial charge in [-0.2, -0.15) is 0 Å². The van der Waals surface area contributed by atoms with Crippen molar-refractivity contribution < 1.29 is 53.1 Å². The van der Waals surface area contributed by atoms with Gasteiger partial charge in [0, 0.05) is 43.2 Å². The highest BCUT2D eigenvalue weighted by atomic mass is 16.7. The van der Waals surface area contributed by atoms with Gasteiger partial charge in [0.15, 0.2) is 11.5 Å². The minimum atomic E-state index is -1.47. The Morgan fingerprint density at radius 2 is 1.76 bits per heavy atom. The number of ether oxygens (including phenoxy) is 6. The molecule has 1 saturated carbocycles. The van der Waals surface area contributed by atoms with Crippen LogP contribution in [0.4, 0.5) is 4.79 Å². The van der Waals surface area contributed by atoms with E-state index in [4.69, 9.17) is 38.4 Å². The molecule has 1 fully saturated rings. The molecule has 7 rings (SSSR count). The molecule has 13 nitrogen and oxygen atoms in total. The van der Waals surface area contributed by atoms with E-state index in [1.807, 2.05) is 43.3 Å². The lowest BCUT2D eigenvalue weighted by Crippen LogP contribution is -2.70. The summed E-state index contributed by atoms with van der Waals surface area (Å²) in [5.41, 5.74) is 3.77. The minimum absolute atomic E-state index is 0.0181. The van der Waals surface area contributed by atoms with Gasteiger partial charge in [-0.25, -0.2) is 4.79 Å². The molecule has 6 atom stereocenters. The van der Waals surface area contributed by atoms with E-state index in [1.54, 1.807) is 35.2 Å². The highest BCUT2D eigenvalue weighted by Crippen LogP contribution is 2.62. The molecule has 4 aliphatic rings. The molecule has 1 amide bonds. The zero-order chi connectivity index (χ0) is 41.4. The molecule has 0 spiro atoms. The van der Waals surface area contributed by atoms with Gasteiger partial charge in [0.05, 0.1) is 25.3 Å². The van der Waals surface area contributed by atoms with Crippen LogP contribution in [0.15, 0.2) is 90.1 Å². The number of amides is 1. The number of rotatable bonds is 19. The fourth-order valence-electron chi connectivity index (χ4n) is 9.30. The number of unbranched alkanes of at least 4 members (excludes halogenated alkanes) is 2. The molecule has 0 saturated heterocycles. The van der Waals surface area contributed by atoms with Crippen LogP contribution in [-0.4, -0.2) is 85.4 Å². The van der Waals surface area contributed by atoms with E-state index < -0.39 is 23.8 Å². The first-order valence-corrected chi connectivity index (χ1v) is 20.5. The monoisotopic (exact) mass is 810 g/mol. The molecule has 2 N–H and O–H groups in total. The summed E-state index contributed by atoms with van der Waals surface area (Å²) in [7, 11) is 1.36. The molecule has 0 bridgehead atoms. The zero-order valence-corrected chi connectivity index (χ0v) is 33.8. The molecular weight excluding hydrogens is 757 g/mol. The quantitative estimate of drug-likeness (QED) is 0.0525. The Morgan fingerprint density at radius 1 is 0.983 bits per heavy atom. The molecule has 0 aromatic heterocycles.